The maximum atomic E-state index is 11.9. The van der Waals surface area contributed by atoms with Crippen molar-refractivity contribution in [1.82, 2.24) is 4.90 Å². The quantitative estimate of drug-likeness (QED) is 0.759. The van der Waals surface area contributed by atoms with Crippen LogP contribution in [-0.2, 0) is 9.59 Å². The van der Waals surface area contributed by atoms with E-state index >= 15 is 0 Å². The van der Waals surface area contributed by atoms with E-state index in [2.05, 4.69) is 0 Å². The summed E-state index contributed by atoms with van der Waals surface area (Å²) >= 11 is 0. The third-order valence-corrected chi connectivity index (χ3v) is 3.39. The minimum absolute atomic E-state index is 0.0165. The monoisotopic (exact) mass is 242 g/mol. The molecule has 98 valence electrons. The maximum Gasteiger partial charge on any atom is 0.308 e. The number of carboxylic acid groups (broad SMARTS) is 1. The molecule has 0 aromatic heterocycles. The Labute approximate surface area is 102 Å². The highest BCUT2D eigenvalue weighted by atomic mass is 16.4. The van der Waals surface area contributed by atoms with Crippen LogP contribution in [0.25, 0.3) is 0 Å². The van der Waals surface area contributed by atoms with Crippen molar-refractivity contribution in [2.75, 3.05) is 13.1 Å². The number of carbonyl (C=O) groups is 2. The van der Waals surface area contributed by atoms with Gasteiger partial charge in [-0.3, -0.25) is 9.59 Å². The smallest absolute Gasteiger partial charge is 0.308 e. The van der Waals surface area contributed by atoms with Crippen molar-refractivity contribution < 1.29 is 14.7 Å². The molecule has 0 spiro atoms. The summed E-state index contributed by atoms with van der Waals surface area (Å²) in [6.07, 6.45) is 1.74. The van der Waals surface area contributed by atoms with Crippen LogP contribution in [0, 0.1) is 11.8 Å². The standard InChI is InChI=1S/C12H22N2O3/c1-8(2)10(13)6-11(15)14-5-3-4-9(7-14)12(16)17/h8-10H,3-7,13H2,1-2H3,(H,16,17). The number of carbonyl (C=O) groups excluding carboxylic acids is 1. The Bertz CT molecular complexity index is 291. The van der Waals surface area contributed by atoms with E-state index in [0.717, 1.165) is 6.42 Å². The van der Waals surface area contributed by atoms with E-state index in [1.165, 1.54) is 0 Å². The maximum absolute atomic E-state index is 11.9. The van der Waals surface area contributed by atoms with Gasteiger partial charge < -0.3 is 15.7 Å². The third kappa shape index (κ3) is 4.00. The molecule has 3 N–H and O–H groups in total. The Morgan fingerprint density at radius 2 is 2.12 bits per heavy atom. The second kappa shape index (κ2) is 6.00. The number of nitrogens with zero attached hydrogens (tertiary/aromatic N) is 1. The van der Waals surface area contributed by atoms with Gasteiger partial charge in [-0.15, -0.1) is 0 Å². The van der Waals surface area contributed by atoms with Crippen LogP contribution in [0.3, 0.4) is 0 Å². The molecule has 1 fully saturated rings. The fourth-order valence-electron chi connectivity index (χ4n) is 1.97. The molecule has 1 heterocycles. The van der Waals surface area contributed by atoms with Crippen molar-refractivity contribution in [1.29, 1.82) is 0 Å². The van der Waals surface area contributed by atoms with E-state index < -0.39 is 11.9 Å². The lowest BCUT2D eigenvalue weighted by Gasteiger charge is -2.31. The number of piperidine rings is 1. The molecule has 0 aliphatic carbocycles. The SMILES string of the molecule is CC(C)C(N)CC(=O)N1CCCC(C(=O)O)C1. The van der Waals surface area contributed by atoms with Gasteiger partial charge in [0.05, 0.1) is 5.92 Å². The number of likely N-dealkylation sites (tertiary alicyclic amines) is 1. The topological polar surface area (TPSA) is 83.6 Å². The predicted octanol–water partition coefficient (Wildman–Crippen LogP) is 0.683. The predicted molar refractivity (Wildman–Crippen MR) is 64.4 cm³/mol. The Hall–Kier alpha value is -1.10. The Balaban J connectivity index is 2.49. The summed E-state index contributed by atoms with van der Waals surface area (Å²) < 4.78 is 0. The number of hydrogen-bond acceptors (Lipinski definition) is 3. The highest BCUT2D eigenvalue weighted by Gasteiger charge is 2.28. The minimum atomic E-state index is -0.810. The molecular weight excluding hydrogens is 220 g/mol. The zero-order valence-corrected chi connectivity index (χ0v) is 10.6. The lowest BCUT2D eigenvalue weighted by atomic mass is 9.96. The summed E-state index contributed by atoms with van der Waals surface area (Å²) in [5, 5.41) is 8.95. The van der Waals surface area contributed by atoms with Crippen molar-refractivity contribution in [3.8, 4) is 0 Å². The van der Waals surface area contributed by atoms with Gasteiger partial charge in [0.25, 0.3) is 0 Å². The Kier molecular flexibility index (Phi) is 4.93. The van der Waals surface area contributed by atoms with E-state index in [1.807, 2.05) is 13.8 Å². The van der Waals surface area contributed by atoms with Crippen LogP contribution in [0.5, 0.6) is 0 Å². The molecular formula is C12H22N2O3. The number of hydrogen-bond donors (Lipinski definition) is 2. The number of rotatable bonds is 4. The molecule has 1 saturated heterocycles. The first kappa shape index (κ1) is 14.0. The van der Waals surface area contributed by atoms with Crippen LogP contribution in [-0.4, -0.2) is 41.0 Å². The fourth-order valence-corrected chi connectivity index (χ4v) is 1.97. The van der Waals surface area contributed by atoms with Gasteiger partial charge in [-0.1, -0.05) is 13.8 Å². The Morgan fingerprint density at radius 1 is 1.47 bits per heavy atom. The molecule has 0 saturated carbocycles. The molecule has 1 amide bonds. The van der Waals surface area contributed by atoms with E-state index in [4.69, 9.17) is 10.8 Å². The van der Waals surface area contributed by atoms with Crippen molar-refractivity contribution in [2.24, 2.45) is 17.6 Å². The van der Waals surface area contributed by atoms with E-state index in [-0.39, 0.29) is 17.9 Å². The van der Waals surface area contributed by atoms with Crippen molar-refractivity contribution >= 4 is 11.9 Å². The molecule has 1 rings (SSSR count). The van der Waals surface area contributed by atoms with Gasteiger partial charge >= 0.3 is 5.97 Å². The van der Waals surface area contributed by atoms with Crippen LogP contribution in [0.4, 0.5) is 0 Å². The molecule has 0 bridgehead atoms. The summed E-state index contributed by atoms with van der Waals surface area (Å²) in [7, 11) is 0. The summed E-state index contributed by atoms with van der Waals surface area (Å²) in [5.74, 6) is -0.977. The van der Waals surface area contributed by atoms with Crippen molar-refractivity contribution in [3.63, 3.8) is 0 Å². The van der Waals surface area contributed by atoms with Crippen LogP contribution in [0.15, 0.2) is 0 Å². The molecule has 0 aromatic carbocycles. The highest BCUT2D eigenvalue weighted by molar-refractivity contribution is 5.78. The summed E-state index contributed by atoms with van der Waals surface area (Å²) in [6, 6.07) is -0.146. The van der Waals surface area contributed by atoms with Crippen molar-refractivity contribution in [3.05, 3.63) is 0 Å². The van der Waals surface area contributed by atoms with E-state index in [9.17, 15) is 9.59 Å². The van der Waals surface area contributed by atoms with E-state index in [0.29, 0.717) is 25.9 Å². The zero-order valence-electron chi connectivity index (χ0n) is 10.6. The van der Waals surface area contributed by atoms with Gasteiger partial charge in [-0.25, -0.2) is 0 Å². The second-order valence-electron chi connectivity index (χ2n) is 5.13. The van der Waals surface area contributed by atoms with E-state index in [1.54, 1.807) is 4.90 Å². The van der Waals surface area contributed by atoms with Gasteiger partial charge in [0, 0.05) is 25.6 Å². The second-order valence-corrected chi connectivity index (χ2v) is 5.13. The number of nitrogens with two attached hydrogens (primary N) is 1. The largest absolute Gasteiger partial charge is 0.481 e. The molecule has 2 atom stereocenters. The van der Waals surface area contributed by atoms with Crippen LogP contribution < -0.4 is 5.73 Å². The fraction of sp³-hybridized carbons (Fsp3) is 0.833. The molecule has 5 nitrogen and oxygen atoms in total. The number of amides is 1. The number of carboxylic acids is 1. The summed E-state index contributed by atoms with van der Waals surface area (Å²) in [6.45, 7) is 4.95. The molecule has 0 aromatic rings. The van der Waals surface area contributed by atoms with Gasteiger partial charge in [-0.05, 0) is 18.8 Å². The Morgan fingerprint density at radius 3 is 2.65 bits per heavy atom. The normalized spacial score (nSPS) is 22.6. The average Bonchev–Trinajstić information content (AvgIpc) is 2.28. The zero-order chi connectivity index (χ0) is 13.0. The highest BCUT2D eigenvalue weighted by Crippen LogP contribution is 2.18. The van der Waals surface area contributed by atoms with Gasteiger partial charge in [0.15, 0.2) is 0 Å². The van der Waals surface area contributed by atoms with Crippen LogP contribution >= 0.6 is 0 Å². The lowest BCUT2D eigenvalue weighted by molar-refractivity contribution is -0.145. The lowest BCUT2D eigenvalue weighted by Crippen LogP contribution is -2.44. The van der Waals surface area contributed by atoms with Crippen LogP contribution in [0.2, 0.25) is 0 Å². The molecule has 1 aliphatic heterocycles. The summed E-state index contributed by atoms with van der Waals surface area (Å²) in [4.78, 5) is 24.5. The first-order chi connectivity index (χ1) is 7.91. The van der Waals surface area contributed by atoms with Gasteiger partial charge in [0.2, 0.25) is 5.91 Å². The molecule has 17 heavy (non-hydrogen) atoms. The van der Waals surface area contributed by atoms with Gasteiger partial charge in [0.1, 0.15) is 0 Å². The third-order valence-electron chi connectivity index (χ3n) is 3.39. The molecule has 2 unspecified atom stereocenters. The first-order valence-corrected chi connectivity index (χ1v) is 6.18. The minimum Gasteiger partial charge on any atom is -0.481 e. The molecule has 0 radical (unpaired) electrons. The average molecular weight is 242 g/mol. The van der Waals surface area contributed by atoms with Crippen molar-refractivity contribution in [2.45, 2.75) is 39.2 Å². The number of aliphatic carboxylic acids is 1. The summed E-state index contributed by atoms with van der Waals surface area (Å²) in [5.41, 5.74) is 5.85. The molecule has 1 aliphatic rings. The first-order valence-electron chi connectivity index (χ1n) is 6.18. The van der Waals surface area contributed by atoms with Crippen LogP contribution in [0.1, 0.15) is 33.1 Å². The molecule has 5 heteroatoms. The van der Waals surface area contributed by atoms with Gasteiger partial charge in [-0.2, -0.15) is 0 Å².